The fourth-order valence-electron chi connectivity index (χ4n) is 3.81. The van der Waals surface area contributed by atoms with Crippen molar-refractivity contribution in [2.45, 2.75) is 44.9 Å². The molecule has 0 fully saturated rings. The van der Waals surface area contributed by atoms with Crippen LogP contribution in [-0.4, -0.2) is 16.2 Å². The van der Waals surface area contributed by atoms with E-state index in [1.165, 1.54) is 12.1 Å². The number of nitrogens with two attached hydrogens (primary N) is 1. The van der Waals surface area contributed by atoms with E-state index in [2.05, 4.69) is 0 Å². The van der Waals surface area contributed by atoms with Crippen LogP contribution in [0.1, 0.15) is 65.9 Å². The number of ether oxygens (including phenoxy) is 1. The number of hydrogen-bond donors (Lipinski definition) is 3. The predicted molar refractivity (Wildman–Crippen MR) is 150 cm³/mol. The molecule has 0 aliphatic carbocycles. The molecule has 4 N–H and O–H groups in total. The summed E-state index contributed by atoms with van der Waals surface area (Å²) in [5.74, 6) is -1.22. The van der Waals surface area contributed by atoms with Gasteiger partial charge in [0.15, 0.2) is 0 Å². The largest absolute Gasteiger partial charge is 0.478 e. The van der Waals surface area contributed by atoms with Crippen LogP contribution in [0.5, 0.6) is 11.5 Å². The van der Waals surface area contributed by atoms with Gasteiger partial charge in [-0.2, -0.15) is 13.2 Å². The van der Waals surface area contributed by atoms with Crippen molar-refractivity contribution < 1.29 is 32.9 Å². The quantitative estimate of drug-likeness (QED) is 0.201. The summed E-state index contributed by atoms with van der Waals surface area (Å²) in [5.41, 5.74) is 6.89. The van der Waals surface area contributed by atoms with Crippen molar-refractivity contribution in [3.05, 3.63) is 125 Å². The maximum absolute atomic E-state index is 12.7. The van der Waals surface area contributed by atoms with Crippen molar-refractivity contribution in [1.82, 2.24) is 0 Å². The first kappa shape index (κ1) is 30.2. The second-order valence-corrected chi connectivity index (χ2v) is 9.83. The lowest BCUT2D eigenvalue weighted by Gasteiger charge is -2.24. The first-order chi connectivity index (χ1) is 18.8. The minimum atomic E-state index is -4.52. The van der Waals surface area contributed by atoms with Gasteiger partial charge < -0.3 is 20.7 Å². The lowest BCUT2D eigenvalue weighted by molar-refractivity contribution is -0.137. The van der Waals surface area contributed by atoms with Crippen molar-refractivity contribution in [1.29, 1.82) is 0 Å². The summed E-state index contributed by atoms with van der Waals surface area (Å²) in [6, 6.07) is 26.7. The Morgan fingerprint density at radius 3 is 1.77 bits per heavy atom. The highest BCUT2D eigenvalue weighted by Gasteiger charge is 2.31. The number of alkyl halides is 3. The van der Waals surface area contributed by atoms with Crippen LogP contribution >= 0.6 is 0 Å². The number of aromatic carboxylic acids is 1. The van der Waals surface area contributed by atoms with Gasteiger partial charge in [-0.05, 0) is 58.9 Å². The normalized spacial score (nSPS) is 11.5. The van der Waals surface area contributed by atoms with Gasteiger partial charge in [0.05, 0.1) is 11.3 Å². The molecular formula is C32H32F3NO4. The van der Waals surface area contributed by atoms with Crippen molar-refractivity contribution in [3.63, 3.8) is 0 Å². The molecule has 8 heteroatoms. The molecule has 0 bridgehead atoms. The molecule has 0 atom stereocenters. The van der Waals surface area contributed by atoms with Crippen LogP contribution < -0.4 is 10.5 Å². The fourth-order valence-corrected chi connectivity index (χ4v) is 3.81. The first-order valence-electron chi connectivity index (χ1n) is 12.6. The average molecular weight is 552 g/mol. The van der Waals surface area contributed by atoms with E-state index in [1.807, 2.05) is 81.4 Å². The third-order valence-corrected chi connectivity index (χ3v) is 6.66. The van der Waals surface area contributed by atoms with Gasteiger partial charge in [-0.3, -0.25) is 0 Å². The van der Waals surface area contributed by atoms with E-state index in [9.17, 15) is 28.2 Å². The number of carbonyl (C=O) groups is 1. The van der Waals surface area contributed by atoms with Crippen molar-refractivity contribution in [2.75, 3.05) is 5.73 Å². The molecule has 0 spiro atoms. The van der Waals surface area contributed by atoms with Gasteiger partial charge in [-0.15, -0.1) is 0 Å². The summed E-state index contributed by atoms with van der Waals surface area (Å²) < 4.78 is 43.6. The Morgan fingerprint density at radius 1 is 0.825 bits per heavy atom. The first-order valence-corrected chi connectivity index (χ1v) is 12.6. The molecule has 0 radical (unpaired) electrons. The molecule has 0 unspecified atom stereocenters. The zero-order valence-corrected chi connectivity index (χ0v) is 22.4. The van der Waals surface area contributed by atoms with Gasteiger partial charge >= 0.3 is 12.1 Å². The van der Waals surface area contributed by atoms with E-state index in [0.29, 0.717) is 0 Å². The Labute approximate surface area is 231 Å². The van der Waals surface area contributed by atoms with Crippen LogP contribution in [0.25, 0.3) is 0 Å². The van der Waals surface area contributed by atoms with Gasteiger partial charge in [0.1, 0.15) is 23.2 Å². The molecule has 0 aliphatic heterocycles. The molecule has 0 heterocycles. The number of aliphatic hydroxyl groups is 1. The van der Waals surface area contributed by atoms with Crippen molar-refractivity contribution >= 4 is 11.7 Å². The van der Waals surface area contributed by atoms with Gasteiger partial charge in [-0.25, -0.2) is 4.79 Å². The molecule has 0 aromatic heterocycles. The van der Waals surface area contributed by atoms with Crippen LogP contribution in [-0.2, 0) is 11.6 Å². The highest BCUT2D eigenvalue weighted by molar-refractivity contribution is 5.91. The maximum atomic E-state index is 12.7. The molecule has 0 saturated carbocycles. The number of anilines is 1. The molecule has 4 rings (SSSR count). The highest BCUT2D eigenvalue weighted by atomic mass is 19.4. The number of rotatable bonds is 7. The summed E-state index contributed by atoms with van der Waals surface area (Å²) in [7, 11) is 0. The molecule has 210 valence electrons. The van der Waals surface area contributed by atoms with E-state index in [-0.39, 0.29) is 28.2 Å². The fraction of sp³-hybridized carbons (Fsp3) is 0.219. The van der Waals surface area contributed by atoms with Crippen molar-refractivity contribution in [2.24, 2.45) is 0 Å². The summed E-state index contributed by atoms with van der Waals surface area (Å²) >= 11 is 0. The Morgan fingerprint density at radius 2 is 1.32 bits per heavy atom. The minimum Gasteiger partial charge on any atom is -0.478 e. The second-order valence-electron chi connectivity index (χ2n) is 9.83. The van der Waals surface area contributed by atoms with Crippen molar-refractivity contribution in [3.8, 4) is 11.5 Å². The number of halogens is 3. The standard InChI is InChI=1S/C19H20F3NO3.C13H12O/c1-4-18(2,3)11-5-7-15(13(9-11)17(24)25)26-16-8-6-12(10-14(16)23)19(20,21)22;14-13(11-7-3-1-4-8-11)12-9-5-2-6-10-12/h5-10H,4,23H2,1-3H3,(H,24,25);1-10,13-14H. The van der Waals surface area contributed by atoms with Crippen LogP contribution in [0, 0.1) is 0 Å². The summed E-state index contributed by atoms with van der Waals surface area (Å²) in [5, 5.41) is 19.5. The van der Waals surface area contributed by atoms with Crippen LogP contribution in [0.3, 0.4) is 0 Å². The second kappa shape index (κ2) is 12.7. The van der Waals surface area contributed by atoms with E-state index >= 15 is 0 Å². The number of aliphatic hydroxyl groups excluding tert-OH is 1. The predicted octanol–water partition coefficient (Wildman–Crippen LogP) is 8.23. The zero-order valence-electron chi connectivity index (χ0n) is 22.4. The molecule has 4 aromatic rings. The summed E-state index contributed by atoms with van der Waals surface area (Å²) in [6.07, 6.45) is -4.23. The van der Waals surface area contributed by atoms with E-state index in [4.69, 9.17) is 10.5 Å². The van der Waals surface area contributed by atoms with E-state index < -0.39 is 23.8 Å². The van der Waals surface area contributed by atoms with Gasteiger partial charge in [-0.1, -0.05) is 87.5 Å². The maximum Gasteiger partial charge on any atom is 0.416 e. The monoisotopic (exact) mass is 551 g/mol. The van der Waals surface area contributed by atoms with E-state index in [0.717, 1.165) is 41.3 Å². The number of carboxylic acid groups (broad SMARTS) is 1. The molecule has 5 nitrogen and oxygen atoms in total. The molecular weight excluding hydrogens is 519 g/mol. The lowest BCUT2D eigenvalue weighted by Crippen LogP contribution is -2.16. The Bertz CT molecular complexity index is 1380. The minimum absolute atomic E-state index is 0.0135. The molecule has 4 aromatic carbocycles. The summed E-state index contributed by atoms with van der Waals surface area (Å²) in [6.45, 7) is 5.97. The molecule has 0 saturated heterocycles. The number of benzene rings is 4. The number of hydrogen-bond acceptors (Lipinski definition) is 4. The lowest BCUT2D eigenvalue weighted by atomic mass is 9.81. The zero-order chi connectivity index (χ0) is 29.5. The Balaban J connectivity index is 0.000000263. The molecule has 0 aliphatic rings. The van der Waals surface area contributed by atoms with Gasteiger partial charge in [0.2, 0.25) is 0 Å². The highest BCUT2D eigenvalue weighted by Crippen LogP contribution is 2.37. The third kappa shape index (κ3) is 7.64. The Kier molecular flexibility index (Phi) is 9.60. The van der Waals surface area contributed by atoms with Crippen LogP contribution in [0.2, 0.25) is 0 Å². The Hall–Kier alpha value is -4.30. The SMILES string of the molecule is CCC(C)(C)c1ccc(Oc2ccc(C(F)(F)F)cc2N)c(C(=O)O)c1.OC(c1ccccc1)c1ccccc1. The molecule has 40 heavy (non-hydrogen) atoms. The van der Waals surface area contributed by atoms with Crippen LogP contribution in [0.4, 0.5) is 18.9 Å². The van der Waals surface area contributed by atoms with E-state index in [1.54, 1.807) is 6.07 Å². The molecule has 0 amide bonds. The van der Waals surface area contributed by atoms with Crippen LogP contribution in [0.15, 0.2) is 97.1 Å². The smallest absolute Gasteiger partial charge is 0.416 e. The van der Waals surface area contributed by atoms with Gasteiger partial charge in [0.25, 0.3) is 0 Å². The topological polar surface area (TPSA) is 92.8 Å². The van der Waals surface area contributed by atoms with Gasteiger partial charge in [0, 0.05) is 0 Å². The average Bonchev–Trinajstić information content (AvgIpc) is 2.94. The number of nitrogen functional groups attached to an aromatic ring is 1. The summed E-state index contributed by atoms with van der Waals surface area (Å²) in [4.78, 5) is 11.6. The third-order valence-electron chi connectivity index (χ3n) is 6.66. The number of carboxylic acids is 1.